The Morgan fingerprint density at radius 3 is 2.39 bits per heavy atom. The van der Waals surface area contributed by atoms with Gasteiger partial charge < -0.3 is 15.3 Å². The third-order valence-corrected chi connectivity index (χ3v) is 4.68. The molecule has 9 nitrogen and oxygen atoms in total. The van der Waals surface area contributed by atoms with Gasteiger partial charge in [0.2, 0.25) is 5.91 Å². The Bertz CT molecular complexity index is 879. The molecule has 10 heteroatoms. The Labute approximate surface area is 165 Å². The summed E-state index contributed by atoms with van der Waals surface area (Å²) in [5.74, 6) is -2.10. The van der Waals surface area contributed by atoms with Gasteiger partial charge in [-0.15, -0.1) is 0 Å². The monoisotopic (exact) mass is 407 g/mol. The fraction of sp³-hybridized carbons (Fsp3) is 0.389. The fourth-order valence-corrected chi connectivity index (χ4v) is 3.32. The number of carboxylic acid groups (broad SMARTS) is 1. The summed E-state index contributed by atoms with van der Waals surface area (Å²) in [6.45, 7) is 1.20. The van der Waals surface area contributed by atoms with E-state index >= 15 is 0 Å². The van der Waals surface area contributed by atoms with Crippen molar-refractivity contribution >= 4 is 50.4 Å². The largest absolute Gasteiger partial charge is 0.478 e. The van der Waals surface area contributed by atoms with Crippen LogP contribution in [0.2, 0.25) is 0 Å². The highest BCUT2D eigenvalue weighted by atomic mass is 32.1. The number of anilines is 1. The SMILES string of the molecule is CC(=O)ONC(=O)CCCCCCC(=O)Nc1nc2ccc(C(=O)O)cc2s1. The zero-order valence-electron chi connectivity index (χ0n) is 15.3. The number of thiazole rings is 1. The average molecular weight is 407 g/mol. The number of hydrogen-bond donors (Lipinski definition) is 3. The van der Waals surface area contributed by atoms with E-state index in [0.29, 0.717) is 34.6 Å². The van der Waals surface area contributed by atoms with Gasteiger partial charge in [-0.25, -0.2) is 9.78 Å². The maximum Gasteiger partial charge on any atom is 0.335 e. The van der Waals surface area contributed by atoms with Crippen molar-refractivity contribution in [1.29, 1.82) is 0 Å². The van der Waals surface area contributed by atoms with Crippen molar-refractivity contribution in [3.63, 3.8) is 0 Å². The molecule has 0 aliphatic carbocycles. The molecule has 0 fully saturated rings. The molecule has 28 heavy (non-hydrogen) atoms. The minimum atomic E-state index is -1.01. The van der Waals surface area contributed by atoms with E-state index in [1.54, 1.807) is 6.07 Å². The summed E-state index contributed by atoms with van der Waals surface area (Å²) in [5.41, 5.74) is 2.86. The van der Waals surface area contributed by atoms with Crippen LogP contribution in [0.5, 0.6) is 0 Å². The van der Waals surface area contributed by atoms with Gasteiger partial charge in [0.05, 0.1) is 15.8 Å². The Morgan fingerprint density at radius 1 is 1.07 bits per heavy atom. The number of carboxylic acids is 1. The van der Waals surface area contributed by atoms with Gasteiger partial charge in [-0.1, -0.05) is 24.2 Å². The van der Waals surface area contributed by atoms with E-state index in [2.05, 4.69) is 15.1 Å². The van der Waals surface area contributed by atoms with Crippen molar-refractivity contribution in [2.45, 2.75) is 45.4 Å². The molecule has 0 aliphatic heterocycles. The van der Waals surface area contributed by atoms with E-state index in [4.69, 9.17) is 5.11 Å². The predicted molar refractivity (Wildman–Crippen MR) is 103 cm³/mol. The summed E-state index contributed by atoms with van der Waals surface area (Å²) >= 11 is 1.23. The van der Waals surface area contributed by atoms with Crippen LogP contribution in [0.1, 0.15) is 55.8 Å². The molecule has 0 bridgehead atoms. The first-order valence-corrected chi connectivity index (χ1v) is 9.57. The Hall–Kier alpha value is -3.01. The van der Waals surface area contributed by atoms with Gasteiger partial charge in [-0.2, -0.15) is 5.48 Å². The van der Waals surface area contributed by atoms with Crippen molar-refractivity contribution in [2.24, 2.45) is 0 Å². The predicted octanol–water partition coefficient (Wildman–Crippen LogP) is 2.87. The lowest BCUT2D eigenvalue weighted by atomic mass is 10.1. The smallest absolute Gasteiger partial charge is 0.335 e. The number of carbonyl (C=O) groups excluding carboxylic acids is 3. The van der Waals surface area contributed by atoms with Crippen LogP contribution in [0, 0.1) is 0 Å². The first-order valence-electron chi connectivity index (χ1n) is 8.75. The summed E-state index contributed by atoms with van der Waals surface area (Å²) in [7, 11) is 0. The van der Waals surface area contributed by atoms with Gasteiger partial charge in [0.25, 0.3) is 5.91 Å². The number of rotatable bonds is 9. The van der Waals surface area contributed by atoms with E-state index in [1.165, 1.54) is 30.4 Å². The van der Waals surface area contributed by atoms with E-state index < -0.39 is 11.9 Å². The topological polar surface area (TPSA) is 135 Å². The summed E-state index contributed by atoms with van der Waals surface area (Å²) in [6, 6.07) is 4.62. The van der Waals surface area contributed by atoms with E-state index in [1.807, 2.05) is 5.48 Å². The molecule has 1 heterocycles. The fourth-order valence-electron chi connectivity index (χ4n) is 2.40. The van der Waals surface area contributed by atoms with Crippen LogP contribution in [-0.2, 0) is 19.2 Å². The lowest BCUT2D eigenvalue weighted by Crippen LogP contribution is -2.25. The van der Waals surface area contributed by atoms with Gasteiger partial charge in [0.1, 0.15) is 0 Å². The summed E-state index contributed by atoms with van der Waals surface area (Å²) in [6.07, 6.45) is 3.46. The first kappa shape index (κ1) is 21.3. The third kappa shape index (κ3) is 6.95. The van der Waals surface area contributed by atoms with Crippen molar-refractivity contribution in [1.82, 2.24) is 10.5 Å². The summed E-state index contributed by atoms with van der Waals surface area (Å²) in [5, 5.41) is 12.2. The molecule has 2 rings (SSSR count). The van der Waals surface area contributed by atoms with Crippen molar-refractivity contribution in [3.05, 3.63) is 23.8 Å². The average Bonchev–Trinajstić information content (AvgIpc) is 3.03. The van der Waals surface area contributed by atoms with Gasteiger partial charge in [-0.05, 0) is 31.0 Å². The highest BCUT2D eigenvalue weighted by Gasteiger charge is 2.10. The van der Waals surface area contributed by atoms with Crippen LogP contribution in [0.4, 0.5) is 5.13 Å². The van der Waals surface area contributed by atoms with Crippen LogP contribution < -0.4 is 10.8 Å². The number of aromatic carboxylic acids is 1. The number of fused-ring (bicyclic) bond motifs is 1. The second kappa shape index (κ2) is 10.4. The summed E-state index contributed by atoms with van der Waals surface area (Å²) in [4.78, 5) is 53.5. The lowest BCUT2D eigenvalue weighted by Gasteiger charge is -2.04. The molecule has 0 radical (unpaired) electrons. The molecule has 0 saturated carbocycles. The molecule has 0 atom stereocenters. The lowest BCUT2D eigenvalue weighted by molar-refractivity contribution is -0.156. The molecule has 0 spiro atoms. The second-order valence-electron chi connectivity index (χ2n) is 6.09. The number of aromatic nitrogens is 1. The number of carbonyl (C=O) groups is 4. The number of nitrogens with one attached hydrogen (secondary N) is 2. The molecule has 2 aromatic rings. The Balaban J connectivity index is 1.66. The molecule has 0 aliphatic rings. The number of hydrogen-bond acceptors (Lipinski definition) is 7. The molecule has 0 unspecified atom stereocenters. The van der Waals surface area contributed by atoms with Crippen molar-refractivity contribution in [3.8, 4) is 0 Å². The number of unbranched alkanes of at least 4 members (excludes halogenated alkanes) is 3. The minimum Gasteiger partial charge on any atom is -0.478 e. The van der Waals surface area contributed by atoms with Crippen LogP contribution in [0.3, 0.4) is 0 Å². The zero-order chi connectivity index (χ0) is 20.5. The zero-order valence-corrected chi connectivity index (χ0v) is 16.1. The standard InChI is InChI=1S/C18H21N3O6S/c1-11(22)27-21-16(24)7-5-3-2-4-6-15(23)20-18-19-13-9-8-12(17(25)26)10-14(13)28-18/h8-10H,2-7H2,1H3,(H,21,24)(H,25,26)(H,19,20,23). The third-order valence-electron chi connectivity index (χ3n) is 3.75. The maximum absolute atomic E-state index is 12.0. The molecular weight excluding hydrogens is 386 g/mol. The number of hydroxylamine groups is 1. The number of amides is 2. The molecule has 150 valence electrons. The molecule has 1 aromatic heterocycles. The normalized spacial score (nSPS) is 10.5. The van der Waals surface area contributed by atoms with E-state index in [0.717, 1.165) is 12.8 Å². The molecule has 1 aromatic carbocycles. The van der Waals surface area contributed by atoms with Gasteiger partial charge >= 0.3 is 11.9 Å². The van der Waals surface area contributed by atoms with Crippen molar-refractivity contribution in [2.75, 3.05) is 5.32 Å². The van der Waals surface area contributed by atoms with E-state index in [9.17, 15) is 19.2 Å². The number of nitrogens with zero attached hydrogens (tertiary/aromatic N) is 1. The molecule has 2 amide bonds. The highest BCUT2D eigenvalue weighted by molar-refractivity contribution is 7.22. The van der Waals surface area contributed by atoms with Crippen LogP contribution >= 0.6 is 11.3 Å². The van der Waals surface area contributed by atoms with E-state index in [-0.39, 0.29) is 23.8 Å². The van der Waals surface area contributed by atoms with Gasteiger partial charge in [0, 0.05) is 19.8 Å². The maximum atomic E-state index is 12.0. The Kier molecular flexibility index (Phi) is 7.88. The quantitative estimate of drug-likeness (QED) is 0.430. The Morgan fingerprint density at radius 2 is 1.75 bits per heavy atom. The van der Waals surface area contributed by atoms with Crippen LogP contribution in [0.15, 0.2) is 18.2 Å². The van der Waals surface area contributed by atoms with Crippen LogP contribution in [-0.4, -0.2) is 33.8 Å². The molecular formula is C18H21N3O6S. The summed E-state index contributed by atoms with van der Waals surface area (Å²) < 4.78 is 0.697. The molecule has 0 saturated heterocycles. The van der Waals surface area contributed by atoms with Crippen molar-refractivity contribution < 1.29 is 29.1 Å². The molecule has 3 N–H and O–H groups in total. The van der Waals surface area contributed by atoms with Gasteiger partial charge in [0.15, 0.2) is 5.13 Å². The van der Waals surface area contributed by atoms with Gasteiger partial charge in [-0.3, -0.25) is 14.4 Å². The van der Waals surface area contributed by atoms with Crippen LogP contribution in [0.25, 0.3) is 10.2 Å². The minimum absolute atomic E-state index is 0.162. The number of benzene rings is 1. The first-order chi connectivity index (χ1) is 13.3. The second-order valence-corrected chi connectivity index (χ2v) is 7.12. The highest BCUT2D eigenvalue weighted by Crippen LogP contribution is 2.27.